The first-order valence-electron chi connectivity index (χ1n) is 8.43. The molecule has 0 bridgehead atoms. The molecular weight excluding hydrogens is 304 g/mol. The lowest BCUT2D eigenvalue weighted by Crippen LogP contribution is -2.69. The first-order valence-corrected chi connectivity index (χ1v) is 8.43. The van der Waals surface area contributed by atoms with Crippen LogP contribution in [0.3, 0.4) is 0 Å². The molecule has 2 saturated heterocycles. The van der Waals surface area contributed by atoms with Crippen molar-refractivity contribution in [3.05, 3.63) is 41.6 Å². The van der Waals surface area contributed by atoms with E-state index in [1.54, 1.807) is 0 Å². The van der Waals surface area contributed by atoms with Gasteiger partial charge in [-0.05, 0) is 36.6 Å². The number of anilines is 1. The SMILES string of the molecule is CCCCC(=N)/C=C(\N)C(=O)Nc1ccc([C@@H]2OC3CN[C@H]32)cc1. The highest BCUT2D eigenvalue weighted by atomic mass is 16.5. The van der Waals surface area contributed by atoms with E-state index in [1.807, 2.05) is 24.3 Å². The number of fused-ring (bicyclic) bond motifs is 1. The van der Waals surface area contributed by atoms with Crippen molar-refractivity contribution in [2.75, 3.05) is 11.9 Å². The zero-order valence-electron chi connectivity index (χ0n) is 13.8. The second kappa shape index (κ2) is 7.15. The van der Waals surface area contributed by atoms with Gasteiger partial charge in [0.2, 0.25) is 0 Å². The quantitative estimate of drug-likeness (QED) is 0.455. The molecule has 1 amide bonds. The molecule has 2 aliphatic rings. The lowest BCUT2D eigenvalue weighted by Gasteiger charge is -2.53. The van der Waals surface area contributed by atoms with Crippen LogP contribution in [-0.2, 0) is 9.53 Å². The lowest BCUT2D eigenvalue weighted by molar-refractivity contribution is -0.203. The maximum atomic E-state index is 12.1. The Morgan fingerprint density at radius 1 is 1.46 bits per heavy atom. The third-order valence-corrected chi connectivity index (χ3v) is 4.49. The lowest BCUT2D eigenvalue weighted by atomic mass is 9.86. The van der Waals surface area contributed by atoms with Gasteiger partial charge in [0.1, 0.15) is 6.10 Å². The number of morpholine rings is 1. The summed E-state index contributed by atoms with van der Waals surface area (Å²) in [6.45, 7) is 3.00. The number of nitrogens with two attached hydrogens (primary N) is 1. The van der Waals surface area contributed by atoms with Crippen molar-refractivity contribution in [1.29, 1.82) is 5.41 Å². The molecule has 128 valence electrons. The molecule has 2 heterocycles. The van der Waals surface area contributed by atoms with Gasteiger partial charge in [-0.25, -0.2) is 0 Å². The average molecular weight is 328 g/mol. The fourth-order valence-electron chi connectivity index (χ4n) is 2.91. The number of hydrogen-bond acceptors (Lipinski definition) is 5. The average Bonchev–Trinajstić information content (AvgIpc) is 2.56. The molecule has 2 fully saturated rings. The fourth-order valence-corrected chi connectivity index (χ4v) is 2.91. The van der Waals surface area contributed by atoms with E-state index in [4.69, 9.17) is 15.9 Å². The van der Waals surface area contributed by atoms with E-state index in [9.17, 15) is 4.79 Å². The third kappa shape index (κ3) is 3.49. The number of hydrogen-bond donors (Lipinski definition) is 4. The van der Waals surface area contributed by atoms with Gasteiger partial charge in [0.15, 0.2) is 0 Å². The molecule has 6 nitrogen and oxygen atoms in total. The number of rotatable bonds is 7. The molecule has 0 spiro atoms. The van der Waals surface area contributed by atoms with Crippen LogP contribution in [-0.4, -0.2) is 30.3 Å². The monoisotopic (exact) mass is 328 g/mol. The van der Waals surface area contributed by atoms with E-state index in [1.165, 1.54) is 6.08 Å². The van der Waals surface area contributed by atoms with Crippen LogP contribution in [0.25, 0.3) is 0 Å². The Labute approximate surface area is 142 Å². The van der Waals surface area contributed by atoms with Gasteiger partial charge in [0.05, 0.1) is 17.8 Å². The summed E-state index contributed by atoms with van der Waals surface area (Å²) in [6, 6.07) is 8.04. The van der Waals surface area contributed by atoms with E-state index in [0.717, 1.165) is 24.9 Å². The molecular formula is C18H24N4O2. The van der Waals surface area contributed by atoms with Crippen molar-refractivity contribution >= 4 is 17.3 Å². The first kappa shape index (κ1) is 16.7. The van der Waals surface area contributed by atoms with Crippen LogP contribution in [0.15, 0.2) is 36.0 Å². The fraction of sp³-hybridized carbons (Fsp3) is 0.444. The summed E-state index contributed by atoms with van der Waals surface area (Å²) >= 11 is 0. The van der Waals surface area contributed by atoms with Gasteiger partial charge in [0, 0.05) is 17.9 Å². The standard InChI is InChI=1S/C18H24N4O2/c1-2-3-4-12(19)9-14(20)18(23)22-13-7-5-11(6-8-13)17-16-15(24-17)10-21-16/h5-9,15-17,19,21H,2-4,10,20H2,1H3,(H,22,23)/b14-9-,19-12?/t15?,16-,17+/m1/s1. The second-order valence-corrected chi connectivity index (χ2v) is 6.33. The van der Waals surface area contributed by atoms with Crippen LogP contribution in [0.5, 0.6) is 0 Å². The molecule has 5 N–H and O–H groups in total. The van der Waals surface area contributed by atoms with E-state index in [2.05, 4.69) is 17.6 Å². The predicted molar refractivity (Wildman–Crippen MR) is 94.0 cm³/mol. The Morgan fingerprint density at radius 3 is 2.75 bits per heavy atom. The van der Waals surface area contributed by atoms with Gasteiger partial charge in [-0.15, -0.1) is 0 Å². The summed E-state index contributed by atoms with van der Waals surface area (Å²) in [5.74, 6) is -0.385. The third-order valence-electron chi connectivity index (χ3n) is 4.49. The molecule has 0 aromatic heterocycles. The van der Waals surface area contributed by atoms with Gasteiger partial charge in [-0.2, -0.15) is 0 Å². The number of nitrogens with one attached hydrogen (secondary N) is 3. The molecule has 3 atom stereocenters. The van der Waals surface area contributed by atoms with Crippen LogP contribution in [0.2, 0.25) is 0 Å². The highest BCUT2D eigenvalue weighted by molar-refractivity contribution is 6.07. The first-order chi connectivity index (χ1) is 11.6. The highest BCUT2D eigenvalue weighted by Gasteiger charge is 2.49. The number of unbranched alkanes of at least 4 members (excludes halogenated alkanes) is 1. The van der Waals surface area contributed by atoms with E-state index in [-0.39, 0.29) is 17.7 Å². The van der Waals surface area contributed by atoms with Crippen molar-refractivity contribution in [2.45, 2.75) is 44.4 Å². The van der Waals surface area contributed by atoms with Crippen molar-refractivity contribution < 1.29 is 9.53 Å². The predicted octanol–water partition coefficient (Wildman–Crippen LogP) is 2.09. The zero-order chi connectivity index (χ0) is 17.1. The summed E-state index contributed by atoms with van der Waals surface area (Å²) in [5, 5.41) is 13.9. The number of amides is 1. The summed E-state index contributed by atoms with van der Waals surface area (Å²) < 4.78 is 5.76. The molecule has 24 heavy (non-hydrogen) atoms. The number of benzene rings is 1. The Balaban J connectivity index is 1.54. The van der Waals surface area contributed by atoms with Gasteiger partial charge in [0.25, 0.3) is 5.91 Å². The Morgan fingerprint density at radius 2 is 2.21 bits per heavy atom. The van der Waals surface area contributed by atoms with Crippen molar-refractivity contribution in [3.8, 4) is 0 Å². The van der Waals surface area contributed by atoms with E-state index >= 15 is 0 Å². The normalized spacial score (nSPS) is 25.2. The number of ether oxygens (including phenoxy) is 1. The smallest absolute Gasteiger partial charge is 0.271 e. The van der Waals surface area contributed by atoms with Gasteiger partial charge >= 0.3 is 0 Å². The minimum absolute atomic E-state index is 0.0593. The topological polar surface area (TPSA) is 100 Å². The van der Waals surface area contributed by atoms with Crippen LogP contribution in [0.4, 0.5) is 5.69 Å². The summed E-state index contributed by atoms with van der Waals surface area (Å²) in [4.78, 5) is 12.1. The molecule has 1 unspecified atom stereocenters. The zero-order valence-corrected chi connectivity index (χ0v) is 13.8. The van der Waals surface area contributed by atoms with Gasteiger partial charge in [-0.1, -0.05) is 25.5 Å². The maximum absolute atomic E-state index is 12.1. The van der Waals surface area contributed by atoms with Gasteiger partial charge in [-0.3, -0.25) is 4.79 Å². The van der Waals surface area contributed by atoms with Crippen LogP contribution in [0, 0.1) is 5.41 Å². The molecule has 2 aliphatic heterocycles. The number of allylic oxidation sites excluding steroid dienone is 1. The molecule has 1 aromatic carbocycles. The number of carbonyl (C=O) groups excluding carboxylic acids is 1. The van der Waals surface area contributed by atoms with E-state index < -0.39 is 0 Å². The van der Waals surface area contributed by atoms with Crippen LogP contribution >= 0.6 is 0 Å². The molecule has 0 radical (unpaired) electrons. The molecule has 0 aliphatic carbocycles. The molecule has 0 saturated carbocycles. The summed E-state index contributed by atoms with van der Waals surface area (Å²) in [6.07, 6.45) is 4.47. The Hall–Kier alpha value is -2.18. The summed E-state index contributed by atoms with van der Waals surface area (Å²) in [5.41, 5.74) is 7.99. The molecule has 1 aromatic rings. The van der Waals surface area contributed by atoms with Crippen molar-refractivity contribution in [3.63, 3.8) is 0 Å². The number of carbonyl (C=O) groups is 1. The Kier molecular flexibility index (Phi) is 4.97. The van der Waals surface area contributed by atoms with Crippen LogP contribution in [0.1, 0.15) is 37.9 Å². The van der Waals surface area contributed by atoms with Crippen molar-refractivity contribution in [1.82, 2.24) is 5.32 Å². The maximum Gasteiger partial charge on any atom is 0.271 e. The minimum atomic E-state index is -0.385. The highest BCUT2D eigenvalue weighted by Crippen LogP contribution is 2.39. The molecule has 6 heteroatoms. The minimum Gasteiger partial charge on any atom is -0.394 e. The van der Waals surface area contributed by atoms with Crippen molar-refractivity contribution in [2.24, 2.45) is 5.73 Å². The summed E-state index contributed by atoms with van der Waals surface area (Å²) in [7, 11) is 0. The van der Waals surface area contributed by atoms with E-state index in [0.29, 0.717) is 30.0 Å². The van der Waals surface area contributed by atoms with Crippen LogP contribution < -0.4 is 16.4 Å². The second-order valence-electron chi connectivity index (χ2n) is 6.33. The van der Waals surface area contributed by atoms with Gasteiger partial charge < -0.3 is 26.5 Å². The largest absolute Gasteiger partial charge is 0.394 e. The Bertz CT molecular complexity index is 653. The molecule has 3 rings (SSSR count).